The lowest BCUT2D eigenvalue weighted by molar-refractivity contribution is 0.596. The molecular formula is C14H16N2O6S3. The van der Waals surface area contributed by atoms with Gasteiger partial charge in [0.2, 0.25) is 29.9 Å². The van der Waals surface area contributed by atoms with Crippen molar-refractivity contribution in [1.82, 2.24) is 0 Å². The van der Waals surface area contributed by atoms with Gasteiger partial charge in [-0.25, -0.2) is 25.3 Å². The van der Waals surface area contributed by atoms with Crippen molar-refractivity contribution in [1.29, 1.82) is 0 Å². The Bertz CT molecular complexity index is 1090. The third-order valence-corrected chi connectivity index (χ3v) is 5.93. The number of benzene rings is 2. The van der Waals surface area contributed by atoms with Crippen LogP contribution in [0.2, 0.25) is 0 Å². The molecule has 0 unspecified atom stereocenters. The molecule has 0 amide bonds. The smallest absolute Gasteiger partial charge is 0.229 e. The van der Waals surface area contributed by atoms with Gasteiger partial charge in [-0.05, 0) is 30.3 Å². The van der Waals surface area contributed by atoms with Crippen molar-refractivity contribution in [3.05, 3.63) is 48.5 Å². The molecule has 0 aliphatic heterocycles. The van der Waals surface area contributed by atoms with Crippen LogP contribution in [0.1, 0.15) is 0 Å². The van der Waals surface area contributed by atoms with E-state index in [1.165, 1.54) is 36.4 Å². The minimum absolute atomic E-state index is 0.00365. The van der Waals surface area contributed by atoms with Gasteiger partial charge in [0.05, 0.1) is 28.0 Å². The summed E-state index contributed by atoms with van der Waals surface area (Å²) >= 11 is 0. The van der Waals surface area contributed by atoms with E-state index in [4.69, 9.17) is 0 Å². The van der Waals surface area contributed by atoms with Crippen molar-refractivity contribution in [2.24, 2.45) is 0 Å². The Labute approximate surface area is 146 Å². The van der Waals surface area contributed by atoms with E-state index in [-0.39, 0.29) is 21.2 Å². The van der Waals surface area contributed by atoms with Gasteiger partial charge in [-0.3, -0.25) is 9.44 Å². The summed E-state index contributed by atoms with van der Waals surface area (Å²) in [4.78, 5) is -0.416. The van der Waals surface area contributed by atoms with Gasteiger partial charge in [0.25, 0.3) is 0 Å². The molecule has 0 aliphatic carbocycles. The topological polar surface area (TPSA) is 126 Å². The van der Waals surface area contributed by atoms with Crippen LogP contribution >= 0.6 is 0 Å². The molecule has 2 rings (SSSR count). The summed E-state index contributed by atoms with van der Waals surface area (Å²) in [5.74, 6) is 0. The third-order valence-electron chi connectivity index (χ3n) is 2.92. The summed E-state index contributed by atoms with van der Waals surface area (Å²) in [6, 6.07) is 10.9. The van der Waals surface area contributed by atoms with Gasteiger partial charge < -0.3 is 0 Å². The van der Waals surface area contributed by atoms with Gasteiger partial charge >= 0.3 is 0 Å². The predicted octanol–water partition coefficient (Wildman–Crippen LogP) is 1.26. The maximum Gasteiger partial charge on any atom is 0.229 e. The maximum absolute atomic E-state index is 12.8. The van der Waals surface area contributed by atoms with Crippen LogP contribution in [0.25, 0.3) is 0 Å². The molecule has 0 fully saturated rings. The second kappa shape index (κ2) is 6.65. The normalized spacial score (nSPS) is 12.6. The Morgan fingerprint density at radius 1 is 0.720 bits per heavy atom. The molecule has 0 spiro atoms. The van der Waals surface area contributed by atoms with Crippen LogP contribution < -0.4 is 9.44 Å². The number of hydrogen-bond acceptors (Lipinski definition) is 6. The Morgan fingerprint density at radius 3 is 1.80 bits per heavy atom. The highest BCUT2D eigenvalue weighted by Crippen LogP contribution is 2.31. The molecule has 11 heteroatoms. The SMILES string of the molecule is CS(=O)(=O)Nc1ccc(NS(C)(=O)=O)c(S(=O)(=O)c2ccccc2)c1. The van der Waals surface area contributed by atoms with Crippen LogP contribution in [-0.2, 0) is 29.9 Å². The monoisotopic (exact) mass is 404 g/mol. The number of anilines is 2. The first-order valence-corrected chi connectivity index (χ1v) is 12.0. The minimum atomic E-state index is -4.08. The molecule has 0 atom stereocenters. The quantitative estimate of drug-likeness (QED) is 0.746. The molecule has 0 saturated carbocycles. The van der Waals surface area contributed by atoms with Gasteiger partial charge in [0.1, 0.15) is 0 Å². The fourth-order valence-electron chi connectivity index (χ4n) is 2.03. The zero-order chi connectivity index (χ0) is 18.9. The van der Waals surface area contributed by atoms with Gasteiger partial charge in [-0.1, -0.05) is 18.2 Å². The lowest BCUT2D eigenvalue weighted by atomic mass is 10.3. The molecule has 0 heterocycles. The van der Waals surface area contributed by atoms with Crippen molar-refractivity contribution < 1.29 is 25.3 Å². The van der Waals surface area contributed by atoms with E-state index in [9.17, 15) is 25.3 Å². The van der Waals surface area contributed by atoms with Crippen LogP contribution in [0, 0.1) is 0 Å². The largest absolute Gasteiger partial charge is 0.284 e. The fraction of sp³-hybridized carbons (Fsp3) is 0.143. The number of hydrogen-bond donors (Lipinski definition) is 2. The van der Waals surface area contributed by atoms with E-state index < -0.39 is 29.9 Å². The lowest BCUT2D eigenvalue weighted by Crippen LogP contribution is -2.15. The molecule has 0 radical (unpaired) electrons. The molecule has 0 aliphatic rings. The number of sulfonamides is 2. The summed E-state index contributed by atoms with van der Waals surface area (Å²) in [5.41, 5.74) is -0.179. The molecule has 136 valence electrons. The molecular weight excluding hydrogens is 388 g/mol. The van der Waals surface area contributed by atoms with E-state index in [1.807, 2.05) is 0 Å². The standard InChI is InChI=1S/C14H16N2O6S3/c1-23(17,18)15-11-8-9-13(16-24(2,19)20)14(10-11)25(21,22)12-6-4-3-5-7-12/h3-10,15-16H,1-2H3. The molecule has 0 saturated heterocycles. The zero-order valence-corrected chi connectivity index (χ0v) is 15.7. The predicted molar refractivity (Wildman–Crippen MR) is 95.3 cm³/mol. The van der Waals surface area contributed by atoms with Crippen molar-refractivity contribution in [3.8, 4) is 0 Å². The van der Waals surface area contributed by atoms with E-state index in [0.29, 0.717) is 0 Å². The van der Waals surface area contributed by atoms with Crippen molar-refractivity contribution in [3.63, 3.8) is 0 Å². The molecule has 0 bridgehead atoms. The molecule has 0 aromatic heterocycles. The summed E-state index contributed by atoms with van der Waals surface area (Å²) in [6.07, 6.45) is 1.80. The van der Waals surface area contributed by atoms with Gasteiger partial charge in [0.15, 0.2) is 0 Å². The van der Waals surface area contributed by atoms with Crippen molar-refractivity contribution in [2.45, 2.75) is 9.79 Å². The van der Waals surface area contributed by atoms with Crippen LogP contribution in [0.5, 0.6) is 0 Å². The second-order valence-corrected chi connectivity index (χ2v) is 10.7. The fourth-order valence-corrected chi connectivity index (χ4v) is 4.69. The third kappa shape index (κ3) is 5.18. The van der Waals surface area contributed by atoms with E-state index in [0.717, 1.165) is 18.6 Å². The summed E-state index contributed by atoms with van der Waals surface area (Å²) in [6.45, 7) is 0. The highest BCUT2D eigenvalue weighted by Gasteiger charge is 2.23. The first-order chi connectivity index (χ1) is 11.4. The van der Waals surface area contributed by atoms with Crippen LogP contribution in [0.4, 0.5) is 11.4 Å². The van der Waals surface area contributed by atoms with Gasteiger partial charge in [-0.15, -0.1) is 0 Å². The highest BCUT2D eigenvalue weighted by molar-refractivity contribution is 7.93. The Balaban J connectivity index is 2.68. The number of rotatable bonds is 6. The molecule has 8 nitrogen and oxygen atoms in total. The van der Waals surface area contributed by atoms with E-state index in [2.05, 4.69) is 9.44 Å². The van der Waals surface area contributed by atoms with Crippen molar-refractivity contribution >= 4 is 41.3 Å². The average Bonchev–Trinajstić information content (AvgIpc) is 2.46. The summed E-state index contributed by atoms with van der Waals surface area (Å²) < 4.78 is 75.8. The zero-order valence-electron chi connectivity index (χ0n) is 13.3. The molecule has 2 N–H and O–H groups in total. The molecule has 25 heavy (non-hydrogen) atoms. The first-order valence-electron chi connectivity index (χ1n) is 6.78. The Kier molecular flexibility index (Phi) is 5.11. The second-order valence-electron chi connectivity index (χ2n) is 5.28. The maximum atomic E-state index is 12.8. The highest BCUT2D eigenvalue weighted by atomic mass is 32.2. The van der Waals surface area contributed by atoms with Crippen molar-refractivity contribution in [2.75, 3.05) is 22.0 Å². The summed E-state index contributed by atoms with van der Waals surface area (Å²) in [7, 11) is -11.5. The minimum Gasteiger partial charge on any atom is -0.284 e. The van der Waals surface area contributed by atoms with E-state index >= 15 is 0 Å². The number of nitrogens with one attached hydrogen (secondary N) is 2. The number of sulfone groups is 1. The van der Waals surface area contributed by atoms with Crippen LogP contribution in [-0.4, -0.2) is 37.8 Å². The van der Waals surface area contributed by atoms with Gasteiger partial charge in [-0.2, -0.15) is 0 Å². The summed E-state index contributed by atoms with van der Waals surface area (Å²) in [5, 5.41) is 0. The van der Waals surface area contributed by atoms with Gasteiger partial charge in [0, 0.05) is 5.69 Å². The first kappa shape index (κ1) is 19.2. The Morgan fingerprint density at radius 2 is 1.28 bits per heavy atom. The molecule has 2 aromatic carbocycles. The van der Waals surface area contributed by atoms with E-state index in [1.54, 1.807) is 6.07 Å². The average molecular weight is 404 g/mol. The van der Waals surface area contributed by atoms with Crippen LogP contribution in [0.3, 0.4) is 0 Å². The van der Waals surface area contributed by atoms with Crippen LogP contribution in [0.15, 0.2) is 58.3 Å². The Hall–Kier alpha value is -2.11. The lowest BCUT2D eigenvalue weighted by Gasteiger charge is -2.14. The molecule has 2 aromatic rings.